The molecule has 0 saturated heterocycles. The van der Waals surface area contributed by atoms with E-state index in [0.29, 0.717) is 74.4 Å². The summed E-state index contributed by atoms with van der Waals surface area (Å²) >= 11 is 0. The molecule has 15 aromatic rings. The fourth-order valence-corrected chi connectivity index (χ4v) is 11.9. The van der Waals surface area contributed by atoms with Crippen molar-refractivity contribution in [2.24, 2.45) is 28.7 Å². The van der Waals surface area contributed by atoms with Crippen LogP contribution in [0.5, 0.6) is 28.7 Å². The van der Waals surface area contributed by atoms with Crippen molar-refractivity contribution in [3.8, 4) is 28.7 Å². The van der Waals surface area contributed by atoms with Gasteiger partial charge in [-0.15, -0.1) is 0 Å². The number of rotatable bonds is 30. The molecule has 30 nitrogen and oxygen atoms in total. The molecular formula is C100H78F7N15O15. The topological polar surface area (TPSA) is 472 Å². The quantitative estimate of drug-likeness (QED) is 0.0187. The van der Waals surface area contributed by atoms with Gasteiger partial charge in [-0.3, -0.25) is 72.9 Å². The first-order chi connectivity index (χ1) is 65.9. The first kappa shape index (κ1) is 98.7. The van der Waals surface area contributed by atoms with Crippen molar-refractivity contribution in [1.82, 2.24) is 24.9 Å². The Hall–Kier alpha value is -18.8. The van der Waals surface area contributed by atoms with Gasteiger partial charge < -0.3 is 78.9 Å². The molecule has 5 heterocycles. The second-order valence-corrected chi connectivity index (χ2v) is 28.8. The summed E-state index contributed by atoms with van der Waals surface area (Å²) in [7, 11) is 0. The third-order valence-corrected chi connectivity index (χ3v) is 18.6. The molecule has 137 heavy (non-hydrogen) atoms. The number of carbonyl (C=O) groups excluding carboxylic acids is 10. The Kier molecular flexibility index (Phi) is 35.1. The third-order valence-electron chi connectivity index (χ3n) is 18.6. The maximum Gasteiger partial charge on any atom is 0.258 e. The van der Waals surface area contributed by atoms with Crippen molar-refractivity contribution in [2.45, 2.75) is 33.0 Å². The Morgan fingerprint density at radius 3 is 0.818 bits per heavy atom. The van der Waals surface area contributed by atoms with Crippen molar-refractivity contribution in [3.05, 3.63) is 447 Å². The van der Waals surface area contributed by atoms with Gasteiger partial charge in [-0.2, -0.15) is 0 Å². The minimum Gasteiger partial charge on any atom is -0.487 e. The minimum absolute atomic E-state index is 0.00473. The average molecular weight is 1860 g/mol. The summed E-state index contributed by atoms with van der Waals surface area (Å²) in [5.74, 6) is -8.91. The minimum atomic E-state index is -1.10. The van der Waals surface area contributed by atoms with E-state index in [1.54, 1.807) is 109 Å². The van der Waals surface area contributed by atoms with E-state index in [1.165, 1.54) is 165 Å². The molecule has 10 amide bonds. The summed E-state index contributed by atoms with van der Waals surface area (Å²) in [5.41, 5.74) is 33.8. The van der Waals surface area contributed by atoms with E-state index in [1.807, 2.05) is 18.2 Å². The maximum absolute atomic E-state index is 13.7. The van der Waals surface area contributed by atoms with E-state index in [-0.39, 0.29) is 89.0 Å². The smallest absolute Gasteiger partial charge is 0.258 e. The Bertz CT molecular complexity index is 6930. The van der Waals surface area contributed by atoms with Gasteiger partial charge in [0.1, 0.15) is 90.9 Å². The predicted molar refractivity (Wildman–Crippen MR) is 489 cm³/mol. The van der Waals surface area contributed by atoms with Crippen molar-refractivity contribution in [1.29, 1.82) is 0 Å². The van der Waals surface area contributed by atoms with Gasteiger partial charge in [0.2, 0.25) is 29.5 Å². The number of carbonyl (C=O) groups is 10. The van der Waals surface area contributed by atoms with Crippen LogP contribution >= 0.6 is 0 Å². The zero-order valence-corrected chi connectivity index (χ0v) is 71.5. The largest absolute Gasteiger partial charge is 0.487 e. The molecule has 15 rings (SSSR count). The second kappa shape index (κ2) is 48.7. The number of nitrogens with zero attached hydrogens (tertiary/aromatic N) is 5. The van der Waals surface area contributed by atoms with Gasteiger partial charge in [-0.1, -0.05) is 78.9 Å². The number of pyridine rings is 5. The number of amides is 10. The van der Waals surface area contributed by atoms with Crippen molar-refractivity contribution < 1.29 is 102 Å². The molecule has 0 bridgehead atoms. The van der Waals surface area contributed by atoms with Gasteiger partial charge in [-0.25, -0.2) is 30.7 Å². The number of primary amides is 5. The average Bonchev–Trinajstić information content (AvgIpc) is 0.850. The lowest BCUT2D eigenvalue weighted by molar-refractivity contribution is 0.0991. The molecule has 0 aliphatic heterocycles. The summed E-state index contributed by atoms with van der Waals surface area (Å²) in [6.45, 7) is 0.891. The van der Waals surface area contributed by atoms with Crippen molar-refractivity contribution in [2.75, 3.05) is 26.6 Å². The number of hydrogen-bond donors (Lipinski definition) is 10. The van der Waals surface area contributed by atoms with E-state index < -0.39 is 93.9 Å². The van der Waals surface area contributed by atoms with Crippen LogP contribution in [-0.2, 0) is 33.0 Å². The molecule has 692 valence electrons. The van der Waals surface area contributed by atoms with Crippen LogP contribution in [0.4, 0.5) is 59.2 Å². The number of nitrogens with two attached hydrogens (primary N) is 5. The highest BCUT2D eigenvalue weighted by molar-refractivity contribution is 6.07. The molecule has 0 fully saturated rings. The number of aromatic nitrogens is 5. The van der Waals surface area contributed by atoms with E-state index in [2.05, 4.69) is 51.5 Å². The third kappa shape index (κ3) is 31.2. The number of nitrogens with one attached hydrogen (secondary N) is 5. The van der Waals surface area contributed by atoms with E-state index in [9.17, 15) is 78.7 Å². The Labute approximate surface area is 775 Å². The number of hydrogen-bond acceptors (Lipinski definition) is 20. The van der Waals surface area contributed by atoms with Crippen LogP contribution in [0.2, 0.25) is 0 Å². The molecule has 0 unspecified atom stereocenters. The van der Waals surface area contributed by atoms with Gasteiger partial charge in [0.15, 0.2) is 11.6 Å². The molecule has 15 N–H and O–H groups in total. The lowest BCUT2D eigenvalue weighted by atomic mass is 10.1. The number of halogens is 7. The highest BCUT2D eigenvalue weighted by atomic mass is 19.2. The van der Waals surface area contributed by atoms with Gasteiger partial charge in [0.05, 0.1) is 69.9 Å². The highest BCUT2D eigenvalue weighted by Gasteiger charge is 2.19. The molecular weight excluding hydrogens is 1780 g/mol. The molecule has 0 radical (unpaired) electrons. The second-order valence-electron chi connectivity index (χ2n) is 28.8. The SMILES string of the molecule is NC(=O)c1cncc(OCc2cccc(NC(=O)c3ccc(F)c(F)c3)c2)c1.NC(=O)c1cncc(OCc2cccc(NC(=O)c3ccc(F)cc3)c2)c1.NC(=O)c1cncc(OCc2cccc(NC(=O)c3ccc(F)cc3F)c2)c1.NC(=O)c1cncc(OCc2cccc(NC(=O)c3cccc(F)c3)c2)c1.NC(=O)c1cncc(OCc2cccc(NC(=O)c3ccccc3F)c2)c1. The van der Waals surface area contributed by atoms with Gasteiger partial charge in [0.25, 0.3) is 29.5 Å². The number of anilines is 5. The van der Waals surface area contributed by atoms with Crippen LogP contribution in [0.3, 0.4) is 0 Å². The Morgan fingerprint density at radius 2 is 0.504 bits per heavy atom. The highest BCUT2D eigenvalue weighted by Crippen LogP contribution is 2.26. The first-order valence-corrected chi connectivity index (χ1v) is 40.4. The van der Waals surface area contributed by atoms with E-state index in [0.717, 1.165) is 46.5 Å². The fraction of sp³-hybridized carbons (Fsp3) is 0.0500. The molecule has 0 atom stereocenters. The standard InChI is InChI=1S/2C20H15F2N3O3.3C20H16FN3O3/c21-14-4-5-17(18(22)8-14)20(27)25-15-3-1-2-12(6-15)11-28-16-7-13(19(23)26)9-24-10-16;21-17-5-4-13(8-18(17)22)20(27)25-15-3-1-2-12(6-15)11-28-16-7-14(19(23)26)9-24-10-16;21-16-5-2-4-14(8-16)20(26)24-17-6-1-3-13(7-17)12-27-18-9-15(19(22)25)10-23-11-18;21-18-7-2-1-6-17(18)20(26)24-15-5-3-4-13(8-15)12-27-16-9-14(19(22)25)10-23-11-16;21-16-6-4-14(5-7-16)20(26)24-17-3-1-2-13(8-17)12-27-18-9-15(19(22)25)10-23-11-18/h2*1-10H,11H2,(H2,23,26)(H,25,27);3*1-11H,12H2,(H2,22,25)(H,24,26). The monoisotopic (exact) mass is 1860 g/mol. The summed E-state index contributed by atoms with van der Waals surface area (Å²) in [5, 5.41) is 13.3. The van der Waals surface area contributed by atoms with Crippen LogP contribution in [-0.4, -0.2) is 84.0 Å². The summed E-state index contributed by atoms with van der Waals surface area (Å²) in [6.07, 6.45) is 14.1. The van der Waals surface area contributed by atoms with Crippen molar-refractivity contribution >= 4 is 87.5 Å². The summed E-state index contributed by atoms with van der Waals surface area (Å²) < 4.78 is 121. The normalized spacial score (nSPS) is 10.3. The van der Waals surface area contributed by atoms with Crippen LogP contribution in [0.25, 0.3) is 0 Å². The Morgan fingerprint density at radius 1 is 0.219 bits per heavy atom. The summed E-state index contributed by atoms with van der Waals surface area (Å²) in [4.78, 5) is 136. The zero-order chi connectivity index (χ0) is 97.9. The van der Waals surface area contributed by atoms with Gasteiger partial charge in [-0.05, 0) is 204 Å². The predicted octanol–water partition coefficient (Wildman–Crippen LogP) is 16.0. The van der Waals surface area contributed by atoms with Crippen LogP contribution in [0.15, 0.2) is 323 Å². The van der Waals surface area contributed by atoms with Gasteiger partial charge >= 0.3 is 0 Å². The van der Waals surface area contributed by atoms with Crippen LogP contribution in [0.1, 0.15) is 131 Å². The maximum atomic E-state index is 13.7. The lowest BCUT2D eigenvalue weighted by Gasteiger charge is -2.10. The van der Waals surface area contributed by atoms with E-state index >= 15 is 0 Å². The van der Waals surface area contributed by atoms with Gasteiger partial charge in [0, 0.05) is 82.2 Å². The molecule has 10 aromatic carbocycles. The zero-order valence-electron chi connectivity index (χ0n) is 71.5. The molecule has 37 heteroatoms. The van der Waals surface area contributed by atoms with Crippen LogP contribution < -0.4 is 78.9 Å². The van der Waals surface area contributed by atoms with E-state index in [4.69, 9.17) is 52.4 Å². The molecule has 0 aliphatic carbocycles. The number of ether oxygens (including phenoxy) is 5. The lowest BCUT2D eigenvalue weighted by Crippen LogP contribution is -2.14. The summed E-state index contributed by atoms with van der Waals surface area (Å²) in [6, 6.07) is 64.2. The Balaban J connectivity index is 0.000000164. The molecule has 5 aromatic heterocycles. The molecule has 0 saturated carbocycles. The fourth-order valence-electron chi connectivity index (χ4n) is 11.9. The number of benzene rings is 10. The molecule has 0 aliphatic rings. The van der Waals surface area contributed by atoms with Crippen LogP contribution in [0, 0.1) is 40.7 Å². The first-order valence-electron chi connectivity index (χ1n) is 40.4. The van der Waals surface area contributed by atoms with Crippen molar-refractivity contribution in [3.63, 3.8) is 0 Å². The molecule has 0 spiro atoms.